The van der Waals surface area contributed by atoms with Crippen LogP contribution in [-0.2, 0) is 0 Å². The highest BCUT2D eigenvalue weighted by Crippen LogP contribution is 2.34. The van der Waals surface area contributed by atoms with E-state index in [2.05, 4.69) is 19.1 Å². The Kier molecular flexibility index (Phi) is 5.51. The zero-order valence-corrected chi connectivity index (χ0v) is 12.2. The summed E-state index contributed by atoms with van der Waals surface area (Å²) in [5.74, 6) is 4.32. The molecule has 0 bridgehead atoms. The summed E-state index contributed by atoms with van der Waals surface area (Å²) in [7, 11) is 0. The summed E-state index contributed by atoms with van der Waals surface area (Å²) in [6, 6.07) is 6.18. The number of thioether (sulfide) groups is 1. The van der Waals surface area contributed by atoms with Crippen molar-refractivity contribution in [1.29, 1.82) is 0 Å². The molecular formula is C14H19ClO2S. The standard InChI is InChI=1S/C14H19ClO2S/c1-11(4-6-15)5-9-18-12-2-3-13-14(10-12)17-8-7-16-13/h2-3,10-11H,4-9H2,1H3. The van der Waals surface area contributed by atoms with Crippen LogP contribution in [0.4, 0.5) is 0 Å². The van der Waals surface area contributed by atoms with E-state index in [1.165, 1.54) is 11.3 Å². The van der Waals surface area contributed by atoms with Crippen molar-refractivity contribution in [2.24, 2.45) is 5.92 Å². The van der Waals surface area contributed by atoms with Crippen LogP contribution in [0.25, 0.3) is 0 Å². The number of rotatable bonds is 6. The fourth-order valence-electron chi connectivity index (χ4n) is 1.82. The number of fused-ring (bicyclic) bond motifs is 1. The van der Waals surface area contributed by atoms with E-state index in [1.54, 1.807) is 0 Å². The summed E-state index contributed by atoms with van der Waals surface area (Å²) in [5, 5.41) is 0. The fraction of sp³-hybridized carbons (Fsp3) is 0.571. The molecule has 2 nitrogen and oxygen atoms in total. The molecule has 2 rings (SSSR count). The van der Waals surface area contributed by atoms with E-state index in [0.717, 1.165) is 29.6 Å². The van der Waals surface area contributed by atoms with Crippen molar-refractivity contribution in [3.8, 4) is 11.5 Å². The van der Waals surface area contributed by atoms with Crippen LogP contribution in [0.1, 0.15) is 19.8 Å². The maximum absolute atomic E-state index is 5.73. The first-order chi connectivity index (χ1) is 8.79. The van der Waals surface area contributed by atoms with Crippen LogP contribution in [0.5, 0.6) is 11.5 Å². The molecule has 0 amide bonds. The highest BCUT2D eigenvalue weighted by atomic mass is 35.5. The van der Waals surface area contributed by atoms with E-state index >= 15 is 0 Å². The maximum atomic E-state index is 5.73. The quantitative estimate of drug-likeness (QED) is 0.577. The fourth-order valence-corrected chi connectivity index (χ4v) is 3.31. The molecule has 100 valence electrons. The summed E-state index contributed by atoms with van der Waals surface area (Å²) < 4.78 is 11.1. The number of hydrogen-bond donors (Lipinski definition) is 0. The van der Waals surface area contributed by atoms with Gasteiger partial charge in [0.2, 0.25) is 0 Å². The number of hydrogen-bond acceptors (Lipinski definition) is 3. The van der Waals surface area contributed by atoms with Crippen LogP contribution in [-0.4, -0.2) is 24.8 Å². The van der Waals surface area contributed by atoms with E-state index in [9.17, 15) is 0 Å². The molecule has 4 heteroatoms. The summed E-state index contributed by atoms with van der Waals surface area (Å²) in [6.45, 7) is 3.55. The second-order valence-corrected chi connectivity index (χ2v) is 6.07. The molecule has 0 aliphatic carbocycles. The van der Waals surface area contributed by atoms with Gasteiger partial charge in [-0.2, -0.15) is 0 Å². The lowest BCUT2D eigenvalue weighted by Crippen LogP contribution is -2.15. The molecule has 1 aliphatic heterocycles. The van der Waals surface area contributed by atoms with Gasteiger partial charge >= 0.3 is 0 Å². The van der Waals surface area contributed by atoms with E-state index in [-0.39, 0.29) is 0 Å². The van der Waals surface area contributed by atoms with Crippen LogP contribution in [0, 0.1) is 5.92 Å². The smallest absolute Gasteiger partial charge is 0.162 e. The first-order valence-corrected chi connectivity index (χ1v) is 7.90. The Balaban J connectivity index is 1.82. The normalized spacial score (nSPS) is 15.4. The summed E-state index contributed by atoms with van der Waals surface area (Å²) in [5.41, 5.74) is 0. The predicted molar refractivity (Wildman–Crippen MR) is 77.3 cm³/mol. The zero-order valence-electron chi connectivity index (χ0n) is 10.7. The first kappa shape index (κ1) is 13.9. The van der Waals surface area contributed by atoms with Crippen LogP contribution < -0.4 is 9.47 Å². The van der Waals surface area contributed by atoms with E-state index in [4.69, 9.17) is 21.1 Å². The SMILES string of the molecule is CC(CCCl)CCSc1ccc2c(c1)OCCO2. The Morgan fingerprint density at radius 3 is 2.78 bits per heavy atom. The highest BCUT2D eigenvalue weighted by molar-refractivity contribution is 7.99. The molecule has 1 heterocycles. The Morgan fingerprint density at radius 1 is 1.22 bits per heavy atom. The van der Waals surface area contributed by atoms with Crippen LogP contribution in [0.3, 0.4) is 0 Å². The van der Waals surface area contributed by atoms with Gasteiger partial charge in [0.1, 0.15) is 13.2 Å². The molecule has 0 radical (unpaired) electrons. The minimum atomic E-state index is 0.647. The topological polar surface area (TPSA) is 18.5 Å². The van der Waals surface area contributed by atoms with E-state index < -0.39 is 0 Å². The molecule has 1 aromatic rings. The van der Waals surface area contributed by atoms with Crippen molar-refractivity contribution in [2.45, 2.75) is 24.7 Å². The molecule has 1 unspecified atom stereocenters. The van der Waals surface area contributed by atoms with Crippen molar-refractivity contribution in [3.63, 3.8) is 0 Å². The van der Waals surface area contributed by atoms with E-state index in [0.29, 0.717) is 19.1 Å². The van der Waals surface area contributed by atoms with Crippen molar-refractivity contribution in [3.05, 3.63) is 18.2 Å². The Morgan fingerprint density at radius 2 is 2.00 bits per heavy atom. The van der Waals surface area contributed by atoms with Crippen molar-refractivity contribution in [2.75, 3.05) is 24.8 Å². The summed E-state index contributed by atoms with van der Waals surface area (Å²) in [6.07, 6.45) is 2.30. The molecule has 0 saturated heterocycles. The van der Waals surface area contributed by atoms with Crippen LogP contribution in [0.15, 0.2) is 23.1 Å². The number of halogens is 1. The maximum Gasteiger partial charge on any atom is 0.162 e. The Bertz CT molecular complexity index is 384. The Hall–Kier alpha value is -0.540. The third-order valence-corrected chi connectivity index (χ3v) is 4.24. The van der Waals surface area contributed by atoms with E-state index in [1.807, 2.05) is 17.8 Å². The summed E-state index contributed by atoms with van der Waals surface area (Å²) >= 11 is 7.60. The molecule has 1 aliphatic rings. The van der Waals surface area contributed by atoms with Gasteiger partial charge in [-0.25, -0.2) is 0 Å². The molecule has 0 saturated carbocycles. The second kappa shape index (κ2) is 7.15. The molecule has 0 spiro atoms. The molecule has 0 fully saturated rings. The van der Waals surface area contributed by atoms with Gasteiger partial charge in [-0.1, -0.05) is 6.92 Å². The predicted octanol–water partition coefficient (Wildman–Crippen LogP) is 4.21. The van der Waals surface area contributed by atoms with Gasteiger partial charge in [-0.05, 0) is 42.7 Å². The molecule has 0 aromatic heterocycles. The average molecular weight is 287 g/mol. The lowest BCUT2D eigenvalue weighted by atomic mass is 10.1. The molecule has 18 heavy (non-hydrogen) atoms. The molecule has 1 atom stereocenters. The van der Waals surface area contributed by atoms with Crippen molar-refractivity contribution in [1.82, 2.24) is 0 Å². The third kappa shape index (κ3) is 3.99. The lowest BCUT2D eigenvalue weighted by molar-refractivity contribution is 0.171. The lowest BCUT2D eigenvalue weighted by Gasteiger charge is -2.18. The van der Waals surface area contributed by atoms with Gasteiger partial charge in [0.15, 0.2) is 11.5 Å². The number of alkyl halides is 1. The Labute approximate surface area is 118 Å². The van der Waals surface area contributed by atoms with Gasteiger partial charge in [-0.3, -0.25) is 0 Å². The third-order valence-electron chi connectivity index (χ3n) is 2.99. The van der Waals surface area contributed by atoms with Gasteiger partial charge in [0, 0.05) is 10.8 Å². The van der Waals surface area contributed by atoms with Gasteiger partial charge < -0.3 is 9.47 Å². The molecule has 0 N–H and O–H groups in total. The first-order valence-electron chi connectivity index (χ1n) is 6.38. The minimum Gasteiger partial charge on any atom is -0.486 e. The zero-order chi connectivity index (χ0) is 12.8. The van der Waals surface area contributed by atoms with Crippen molar-refractivity contribution >= 4 is 23.4 Å². The molecule has 1 aromatic carbocycles. The number of benzene rings is 1. The second-order valence-electron chi connectivity index (χ2n) is 4.53. The minimum absolute atomic E-state index is 0.647. The summed E-state index contributed by atoms with van der Waals surface area (Å²) in [4.78, 5) is 1.25. The van der Waals surface area contributed by atoms with Crippen LogP contribution >= 0.6 is 23.4 Å². The number of ether oxygens (including phenoxy) is 2. The molecular weight excluding hydrogens is 268 g/mol. The monoisotopic (exact) mass is 286 g/mol. The largest absolute Gasteiger partial charge is 0.486 e. The van der Waals surface area contributed by atoms with Gasteiger partial charge in [-0.15, -0.1) is 23.4 Å². The highest BCUT2D eigenvalue weighted by Gasteiger charge is 2.11. The van der Waals surface area contributed by atoms with Crippen molar-refractivity contribution < 1.29 is 9.47 Å². The van der Waals surface area contributed by atoms with Crippen LogP contribution in [0.2, 0.25) is 0 Å². The van der Waals surface area contributed by atoms with Gasteiger partial charge in [0.25, 0.3) is 0 Å². The van der Waals surface area contributed by atoms with Gasteiger partial charge in [0.05, 0.1) is 0 Å². The average Bonchev–Trinajstić information content (AvgIpc) is 2.39.